The molecule has 1 saturated carbocycles. The highest BCUT2D eigenvalue weighted by atomic mass is 16.5. The zero-order chi connectivity index (χ0) is 21.1. The first-order valence-electron chi connectivity index (χ1n) is 10.5. The van der Waals surface area contributed by atoms with Gasteiger partial charge in [-0.2, -0.15) is 0 Å². The molecule has 1 atom stereocenters. The lowest BCUT2D eigenvalue weighted by Gasteiger charge is -2.21. The topological polar surface area (TPSA) is 77.8 Å². The summed E-state index contributed by atoms with van der Waals surface area (Å²) in [6.07, 6.45) is 5.18. The van der Waals surface area contributed by atoms with E-state index in [1.807, 2.05) is 30.3 Å². The molecule has 4 rings (SSSR count). The van der Waals surface area contributed by atoms with Crippen molar-refractivity contribution >= 4 is 39.5 Å². The average molecular weight is 409 g/mol. The first-order chi connectivity index (χ1) is 14.5. The maximum Gasteiger partial charge on any atom is 0.306 e. The van der Waals surface area contributed by atoms with Gasteiger partial charge in [-0.3, -0.25) is 9.59 Å². The summed E-state index contributed by atoms with van der Waals surface area (Å²) in [6, 6.07) is 11.3. The molecule has 1 unspecified atom stereocenters. The first-order valence-corrected chi connectivity index (χ1v) is 10.5. The second-order valence-corrected chi connectivity index (χ2v) is 7.98. The molecular weight excluding hydrogens is 382 g/mol. The molecule has 2 aromatic carbocycles. The number of para-hydroxylation sites is 1. The molecule has 0 spiro atoms. The maximum atomic E-state index is 12.6. The number of methoxy groups -OCH3 is 1. The third-order valence-electron chi connectivity index (χ3n) is 5.81. The van der Waals surface area contributed by atoms with E-state index in [4.69, 9.17) is 13.9 Å². The van der Waals surface area contributed by atoms with Gasteiger partial charge in [0.05, 0.1) is 12.8 Å². The normalized spacial score (nSPS) is 15.8. The molecule has 1 fully saturated rings. The van der Waals surface area contributed by atoms with Crippen molar-refractivity contribution in [3.8, 4) is 5.75 Å². The van der Waals surface area contributed by atoms with E-state index in [0.717, 1.165) is 42.0 Å². The van der Waals surface area contributed by atoms with Gasteiger partial charge < -0.3 is 19.2 Å². The highest BCUT2D eigenvalue weighted by Gasteiger charge is 2.23. The van der Waals surface area contributed by atoms with Gasteiger partial charge in [0.2, 0.25) is 0 Å². The fraction of sp³-hybridized carbons (Fsp3) is 0.417. The molecule has 0 saturated heterocycles. The number of amides is 1. The minimum Gasteiger partial charge on any atom is -0.495 e. The molecule has 6 nitrogen and oxygen atoms in total. The van der Waals surface area contributed by atoms with Gasteiger partial charge in [-0.05, 0) is 37.8 Å². The van der Waals surface area contributed by atoms with Gasteiger partial charge in [-0.1, -0.05) is 37.5 Å². The molecule has 6 heteroatoms. The van der Waals surface area contributed by atoms with Gasteiger partial charge in [-0.15, -0.1) is 0 Å². The molecule has 1 aromatic heterocycles. The van der Waals surface area contributed by atoms with E-state index >= 15 is 0 Å². The quantitative estimate of drug-likeness (QED) is 0.549. The average Bonchev–Trinajstić information content (AvgIpc) is 3.11. The van der Waals surface area contributed by atoms with Crippen LogP contribution in [0.2, 0.25) is 0 Å². The highest BCUT2D eigenvalue weighted by Crippen LogP contribution is 2.36. The number of furan rings is 1. The number of hydrogen-bond donors (Lipinski definition) is 1. The van der Waals surface area contributed by atoms with Crippen molar-refractivity contribution in [1.82, 2.24) is 0 Å². The van der Waals surface area contributed by atoms with Crippen LogP contribution in [0.4, 0.5) is 5.69 Å². The minimum atomic E-state index is -0.892. The minimum absolute atomic E-state index is 0.316. The molecule has 0 bridgehead atoms. The number of rotatable bonds is 6. The summed E-state index contributed by atoms with van der Waals surface area (Å²) in [5, 5.41) is 4.70. The Hall–Kier alpha value is -3.02. The monoisotopic (exact) mass is 409 g/mol. The number of carbonyl (C=O) groups is 2. The van der Waals surface area contributed by atoms with Crippen LogP contribution in [0.3, 0.4) is 0 Å². The van der Waals surface area contributed by atoms with Crippen LogP contribution in [-0.4, -0.2) is 25.1 Å². The van der Waals surface area contributed by atoms with E-state index in [0.29, 0.717) is 29.4 Å². The molecule has 0 aliphatic heterocycles. The first kappa shape index (κ1) is 20.3. The molecule has 1 amide bonds. The van der Waals surface area contributed by atoms with Crippen molar-refractivity contribution in [1.29, 1.82) is 0 Å². The van der Waals surface area contributed by atoms with Gasteiger partial charge in [-0.25, -0.2) is 0 Å². The second-order valence-electron chi connectivity index (χ2n) is 7.98. The number of hydrogen-bond acceptors (Lipinski definition) is 5. The Labute approximate surface area is 175 Å². The zero-order valence-corrected chi connectivity index (χ0v) is 17.4. The number of nitrogens with one attached hydrogen (secondary N) is 1. The Kier molecular flexibility index (Phi) is 5.93. The van der Waals surface area contributed by atoms with Crippen molar-refractivity contribution in [3.05, 3.63) is 36.4 Å². The van der Waals surface area contributed by atoms with E-state index in [-0.39, 0.29) is 5.97 Å². The highest BCUT2D eigenvalue weighted by molar-refractivity contribution is 6.08. The van der Waals surface area contributed by atoms with Crippen molar-refractivity contribution in [2.45, 2.75) is 51.6 Å². The molecule has 0 radical (unpaired) electrons. The Balaban J connectivity index is 1.46. The number of ether oxygens (including phenoxy) is 2. The van der Waals surface area contributed by atoms with Crippen molar-refractivity contribution in [2.24, 2.45) is 5.92 Å². The molecule has 1 heterocycles. The third-order valence-corrected chi connectivity index (χ3v) is 5.81. The van der Waals surface area contributed by atoms with Crippen LogP contribution < -0.4 is 10.1 Å². The molecule has 1 aliphatic carbocycles. The predicted molar refractivity (Wildman–Crippen MR) is 116 cm³/mol. The maximum absolute atomic E-state index is 12.6. The fourth-order valence-electron chi connectivity index (χ4n) is 4.18. The van der Waals surface area contributed by atoms with Gasteiger partial charge >= 0.3 is 5.97 Å². The van der Waals surface area contributed by atoms with Crippen LogP contribution in [0.5, 0.6) is 5.75 Å². The van der Waals surface area contributed by atoms with Crippen molar-refractivity contribution < 1.29 is 23.5 Å². The van der Waals surface area contributed by atoms with Crippen LogP contribution >= 0.6 is 0 Å². The number of esters is 1. The van der Waals surface area contributed by atoms with Crippen molar-refractivity contribution in [3.63, 3.8) is 0 Å². The molecule has 158 valence electrons. The van der Waals surface area contributed by atoms with E-state index in [1.54, 1.807) is 20.1 Å². The lowest BCUT2D eigenvalue weighted by Crippen LogP contribution is -2.30. The molecule has 3 aromatic rings. The summed E-state index contributed by atoms with van der Waals surface area (Å²) in [5.74, 6) is 0.172. The van der Waals surface area contributed by atoms with Crippen LogP contribution in [-0.2, 0) is 14.3 Å². The molecule has 1 N–H and O–H groups in total. The summed E-state index contributed by atoms with van der Waals surface area (Å²) in [6.45, 7) is 1.58. The largest absolute Gasteiger partial charge is 0.495 e. The summed E-state index contributed by atoms with van der Waals surface area (Å²) >= 11 is 0. The van der Waals surface area contributed by atoms with Crippen LogP contribution in [0, 0.1) is 5.92 Å². The lowest BCUT2D eigenvalue weighted by atomic mass is 9.87. The summed E-state index contributed by atoms with van der Waals surface area (Å²) in [7, 11) is 1.55. The standard InChI is InChI=1S/C24H27NO5/c1-15(29-23(26)12-16-8-4-3-5-9-16)24(27)25-19-14-21-18(13-22(19)28-2)17-10-6-7-11-20(17)30-21/h6-7,10-11,13-16H,3-5,8-9,12H2,1-2H3,(H,25,27). The van der Waals surface area contributed by atoms with Crippen LogP contribution in [0.25, 0.3) is 21.9 Å². The van der Waals surface area contributed by atoms with Crippen LogP contribution in [0.1, 0.15) is 45.4 Å². The van der Waals surface area contributed by atoms with E-state index in [1.165, 1.54) is 6.42 Å². The lowest BCUT2D eigenvalue weighted by molar-refractivity contribution is -0.154. The fourth-order valence-corrected chi connectivity index (χ4v) is 4.18. The predicted octanol–water partition coefficient (Wildman–Crippen LogP) is 5.44. The molecule has 1 aliphatic rings. The van der Waals surface area contributed by atoms with Crippen molar-refractivity contribution in [2.75, 3.05) is 12.4 Å². The van der Waals surface area contributed by atoms with E-state index in [2.05, 4.69) is 5.32 Å². The Morgan fingerprint density at radius 1 is 1.10 bits per heavy atom. The zero-order valence-electron chi connectivity index (χ0n) is 17.4. The summed E-state index contributed by atoms with van der Waals surface area (Å²) < 4.78 is 16.7. The van der Waals surface area contributed by atoms with Gasteiger partial charge in [0.25, 0.3) is 5.91 Å². The number of carbonyl (C=O) groups excluding carboxylic acids is 2. The number of benzene rings is 2. The number of fused-ring (bicyclic) bond motifs is 3. The number of anilines is 1. The molecule has 30 heavy (non-hydrogen) atoms. The smallest absolute Gasteiger partial charge is 0.306 e. The Morgan fingerprint density at radius 3 is 2.63 bits per heavy atom. The summed E-state index contributed by atoms with van der Waals surface area (Å²) in [5.41, 5.74) is 1.89. The van der Waals surface area contributed by atoms with E-state index < -0.39 is 12.0 Å². The van der Waals surface area contributed by atoms with Gasteiger partial charge in [0.15, 0.2) is 6.10 Å². The summed E-state index contributed by atoms with van der Waals surface area (Å²) in [4.78, 5) is 24.9. The SMILES string of the molecule is COc1cc2c(cc1NC(=O)C(C)OC(=O)CC1CCCCC1)oc1ccccc12. The third kappa shape index (κ3) is 4.27. The molecular formula is C24H27NO5. The Morgan fingerprint density at radius 2 is 1.87 bits per heavy atom. The Bertz CT molecular complexity index is 1060. The van der Waals surface area contributed by atoms with Gasteiger partial charge in [0, 0.05) is 23.3 Å². The second kappa shape index (κ2) is 8.78. The van der Waals surface area contributed by atoms with Gasteiger partial charge in [0.1, 0.15) is 16.9 Å². The van der Waals surface area contributed by atoms with E-state index in [9.17, 15) is 9.59 Å². The van der Waals surface area contributed by atoms with Crippen LogP contribution in [0.15, 0.2) is 40.8 Å².